The molecule has 4 nitrogen and oxygen atoms in total. The van der Waals surface area contributed by atoms with Gasteiger partial charge in [-0.15, -0.1) is 0 Å². The molecular formula is C14H34N2O2. The van der Waals surface area contributed by atoms with Crippen LogP contribution in [0, 0.1) is 5.21 Å². The number of quaternary nitrogens is 1. The van der Waals surface area contributed by atoms with Crippen LogP contribution in [0.3, 0.4) is 0 Å². The number of nitrogens with zero attached hydrogens (tertiary/aromatic N) is 1. The number of hydrogen-bond donors (Lipinski definition) is 2. The van der Waals surface area contributed by atoms with Gasteiger partial charge in [-0.2, -0.15) is 0 Å². The minimum Gasteiger partial charge on any atom is -0.633 e. The second-order valence-electron chi connectivity index (χ2n) is 5.48. The van der Waals surface area contributed by atoms with E-state index in [1.807, 2.05) is 0 Å². The molecule has 0 fully saturated rings. The van der Waals surface area contributed by atoms with Crippen molar-refractivity contribution in [3.8, 4) is 0 Å². The van der Waals surface area contributed by atoms with Crippen LogP contribution in [-0.4, -0.2) is 30.5 Å². The molecule has 112 valence electrons. The molecular weight excluding hydrogens is 228 g/mol. The first kappa shape index (κ1) is 20.2. The van der Waals surface area contributed by atoms with Gasteiger partial charge in [0.25, 0.3) is 0 Å². The summed E-state index contributed by atoms with van der Waals surface area (Å²) in [6.07, 6.45) is 13.4. The van der Waals surface area contributed by atoms with Crippen LogP contribution in [0.5, 0.6) is 0 Å². The van der Waals surface area contributed by atoms with Crippen LogP contribution >= 0.6 is 0 Å². The third-order valence-corrected chi connectivity index (χ3v) is 3.05. The van der Waals surface area contributed by atoms with Gasteiger partial charge in [0.2, 0.25) is 0 Å². The van der Waals surface area contributed by atoms with Gasteiger partial charge in [0.15, 0.2) is 0 Å². The maximum Gasteiger partial charge on any atom is 0.0779 e. The molecule has 0 aromatic rings. The second-order valence-corrected chi connectivity index (χ2v) is 5.48. The molecule has 0 aromatic heterocycles. The molecule has 0 heterocycles. The lowest BCUT2D eigenvalue weighted by Gasteiger charge is -2.33. The number of hydroxylamine groups is 3. The second kappa shape index (κ2) is 14.9. The van der Waals surface area contributed by atoms with Crippen molar-refractivity contribution in [1.82, 2.24) is 0 Å². The topological polar surface area (TPSA) is 69.3 Å². The van der Waals surface area contributed by atoms with Crippen LogP contribution in [0.15, 0.2) is 0 Å². The van der Waals surface area contributed by atoms with E-state index in [-0.39, 0.29) is 4.65 Å². The van der Waals surface area contributed by atoms with E-state index >= 15 is 0 Å². The van der Waals surface area contributed by atoms with E-state index < -0.39 is 0 Å². The van der Waals surface area contributed by atoms with Crippen molar-refractivity contribution < 1.29 is 9.85 Å². The normalized spacial score (nSPS) is 11.0. The Hall–Kier alpha value is -0.160. The fourth-order valence-corrected chi connectivity index (χ4v) is 1.98. The number of nitrogens with two attached hydrogens (primary N) is 1. The molecule has 0 amide bonds. The van der Waals surface area contributed by atoms with Crippen LogP contribution in [0.2, 0.25) is 0 Å². The molecule has 0 aromatic carbocycles. The first-order valence-corrected chi connectivity index (χ1v) is 7.36. The summed E-state index contributed by atoms with van der Waals surface area (Å²) < 4.78 is -0.128. The zero-order valence-corrected chi connectivity index (χ0v) is 12.7. The lowest BCUT2D eigenvalue weighted by atomic mass is 10.1. The van der Waals surface area contributed by atoms with Crippen LogP contribution < -0.4 is 5.90 Å². The van der Waals surface area contributed by atoms with Gasteiger partial charge in [-0.05, 0) is 12.8 Å². The van der Waals surface area contributed by atoms with Gasteiger partial charge < -0.3 is 15.1 Å². The van der Waals surface area contributed by atoms with E-state index in [2.05, 4.69) is 12.8 Å². The van der Waals surface area contributed by atoms with Crippen molar-refractivity contribution in [2.45, 2.75) is 71.1 Å². The van der Waals surface area contributed by atoms with Crippen molar-refractivity contribution >= 4 is 0 Å². The predicted molar refractivity (Wildman–Crippen MR) is 78.2 cm³/mol. The average Bonchev–Trinajstić information content (AvgIpc) is 2.33. The molecule has 0 rings (SSSR count). The monoisotopic (exact) mass is 262 g/mol. The highest BCUT2D eigenvalue weighted by molar-refractivity contribution is 4.47. The molecule has 4 heteroatoms. The van der Waals surface area contributed by atoms with Gasteiger partial charge in [-0.1, -0.05) is 58.3 Å². The summed E-state index contributed by atoms with van der Waals surface area (Å²) in [5, 5.41) is 17.8. The Morgan fingerprint density at radius 2 is 1.11 bits per heavy atom. The maximum absolute atomic E-state index is 11.3. The van der Waals surface area contributed by atoms with Gasteiger partial charge in [-0.3, -0.25) is 0 Å². The smallest absolute Gasteiger partial charge is 0.0779 e. The Kier molecular flexibility index (Phi) is 16.7. The van der Waals surface area contributed by atoms with E-state index in [4.69, 9.17) is 5.21 Å². The zero-order valence-electron chi connectivity index (χ0n) is 12.7. The lowest BCUT2D eigenvalue weighted by molar-refractivity contribution is -0.840. The molecule has 3 N–H and O–H groups in total. The van der Waals surface area contributed by atoms with E-state index in [1.54, 1.807) is 14.1 Å². The lowest BCUT2D eigenvalue weighted by Crippen LogP contribution is -2.32. The molecule has 0 atom stereocenters. The highest BCUT2D eigenvalue weighted by Crippen LogP contribution is 2.11. The standard InChI is InChI=1S/C14H31NO.H3NO/c1-4-5-6-7-8-9-10-11-12-13-14-15(2,3)16;1-2/h4-14H2,1-3H3;2H,1H2. The first-order chi connectivity index (χ1) is 8.56. The fraction of sp³-hybridized carbons (Fsp3) is 1.00. The molecule has 0 radical (unpaired) electrons. The minimum atomic E-state index is -0.128. The van der Waals surface area contributed by atoms with Crippen molar-refractivity contribution in [2.75, 3.05) is 20.6 Å². The van der Waals surface area contributed by atoms with Gasteiger partial charge >= 0.3 is 0 Å². The molecule has 0 spiro atoms. The highest BCUT2D eigenvalue weighted by atomic mass is 16.5. The minimum absolute atomic E-state index is 0.128. The Bertz CT molecular complexity index is 147. The van der Waals surface area contributed by atoms with Crippen LogP contribution in [-0.2, 0) is 0 Å². The molecule has 0 unspecified atom stereocenters. The molecule has 0 bridgehead atoms. The summed E-state index contributed by atoms with van der Waals surface area (Å²) in [7, 11) is 3.46. The van der Waals surface area contributed by atoms with Crippen molar-refractivity contribution in [3.05, 3.63) is 5.21 Å². The number of unbranched alkanes of at least 4 members (excludes halogenated alkanes) is 9. The Balaban J connectivity index is 0. The summed E-state index contributed by atoms with van der Waals surface area (Å²) >= 11 is 0. The van der Waals surface area contributed by atoms with Crippen molar-refractivity contribution in [1.29, 1.82) is 0 Å². The predicted octanol–water partition coefficient (Wildman–Crippen LogP) is 3.82. The Morgan fingerprint density at radius 1 is 0.778 bits per heavy atom. The highest BCUT2D eigenvalue weighted by Gasteiger charge is 2.00. The molecule has 0 saturated heterocycles. The van der Waals surface area contributed by atoms with Crippen LogP contribution in [0.1, 0.15) is 71.1 Å². The summed E-state index contributed by atoms with van der Waals surface area (Å²) in [6.45, 7) is 3.03. The summed E-state index contributed by atoms with van der Waals surface area (Å²) in [6, 6.07) is 0. The first-order valence-electron chi connectivity index (χ1n) is 7.36. The molecule has 0 aliphatic heterocycles. The average molecular weight is 262 g/mol. The van der Waals surface area contributed by atoms with Gasteiger partial charge in [0.05, 0.1) is 20.6 Å². The van der Waals surface area contributed by atoms with Crippen molar-refractivity contribution in [3.63, 3.8) is 0 Å². The van der Waals surface area contributed by atoms with E-state index in [9.17, 15) is 5.21 Å². The molecule has 0 aliphatic carbocycles. The SMILES string of the molecule is CCCCCCCCCCCC[N+](C)(C)[O-].NO. The van der Waals surface area contributed by atoms with E-state index in [0.717, 1.165) is 13.0 Å². The largest absolute Gasteiger partial charge is 0.633 e. The number of hydrogen-bond acceptors (Lipinski definition) is 3. The summed E-state index contributed by atoms with van der Waals surface area (Å²) in [5.41, 5.74) is 0. The summed E-state index contributed by atoms with van der Waals surface area (Å²) in [5.74, 6) is 3.50. The van der Waals surface area contributed by atoms with Gasteiger partial charge in [-0.25, -0.2) is 5.90 Å². The molecule has 18 heavy (non-hydrogen) atoms. The molecule has 0 saturated carbocycles. The fourth-order valence-electron chi connectivity index (χ4n) is 1.98. The van der Waals surface area contributed by atoms with E-state index in [1.165, 1.54) is 57.8 Å². The van der Waals surface area contributed by atoms with Gasteiger partial charge in [0, 0.05) is 0 Å². The van der Waals surface area contributed by atoms with Crippen LogP contribution in [0.25, 0.3) is 0 Å². The number of rotatable bonds is 11. The van der Waals surface area contributed by atoms with Crippen LogP contribution in [0.4, 0.5) is 0 Å². The van der Waals surface area contributed by atoms with Crippen molar-refractivity contribution in [2.24, 2.45) is 5.90 Å². The Morgan fingerprint density at radius 3 is 1.44 bits per heavy atom. The maximum atomic E-state index is 11.3. The quantitative estimate of drug-likeness (QED) is 0.338. The summed E-state index contributed by atoms with van der Waals surface area (Å²) in [4.78, 5) is 0. The van der Waals surface area contributed by atoms with E-state index in [0.29, 0.717) is 0 Å². The third-order valence-electron chi connectivity index (χ3n) is 3.05. The Labute approximate surface area is 113 Å². The molecule has 0 aliphatic rings. The van der Waals surface area contributed by atoms with Gasteiger partial charge in [0.1, 0.15) is 0 Å². The zero-order chi connectivity index (χ0) is 14.3. The third kappa shape index (κ3) is 21.2.